The highest BCUT2D eigenvalue weighted by atomic mass is 19.1. The molecule has 0 aliphatic rings. The van der Waals surface area contributed by atoms with Crippen molar-refractivity contribution in [2.45, 2.75) is 32.7 Å². The van der Waals surface area contributed by atoms with Crippen LogP contribution in [-0.2, 0) is 0 Å². The van der Waals surface area contributed by atoms with Crippen LogP contribution in [0.1, 0.15) is 27.2 Å². The molecule has 0 bridgehead atoms. The van der Waals surface area contributed by atoms with Crippen molar-refractivity contribution >= 4 is 11.4 Å². The molecule has 0 aliphatic heterocycles. The van der Waals surface area contributed by atoms with Gasteiger partial charge in [-0.2, -0.15) is 0 Å². The molecule has 3 N–H and O–H groups in total. The monoisotopic (exact) mass is 196 g/mol. The molecule has 0 radical (unpaired) electrons. The van der Waals surface area contributed by atoms with E-state index in [-0.39, 0.29) is 11.4 Å². The van der Waals surface area contributed by atoms with E-state index in [1.165, 1.54) is 6.07 Å². The summed E-state index contributed by atoms with van der Waals surface area (Å²) < 4.78 is 13.4. The summed E-state index contributed by atoms with van der Waals surface area (Å²) in [6.45, 7) is 6.12. The first kappa shape index (κ1) is 10.8. The second-order valence-electron chi connectivity index (χ2n) is 4.10. The zero-order valence-corrected chi connectivity index (χ0v) is 8.89. The van der Waals surface area contributed by atoms with Gasteiger partial charge in [-0.15, -0.1) is 0 Å². The third kappa shape index (κ3) is 2.62. The summed E-state index contributed by atoms with van der Waals surface area (Å²) in [4.78, 5) is 0. The lowest BCUT2D eigenvalue weighted by molar-refractivity contribution is 0.537. The number of nitrogens with two attached hydrogens (primary N) is 1. The molecule has 0 aromatic heterocycles. The van der Waals surface area contributed by atoms with Crippen LogP contribution in [0.25, 0.3) is 0 Å². The van der Waals surface area contributed by atoms with Crippen LogP contribution in [0.15, 0.2) is 18.2 Å². The predicted octanol–water partition coefficient (Wildman–Crippen LogP) is 3.01. The highest BCUT2D eigenvalue weighted by molar-refractivity contribution is 5.53. The molecule has 78 valence electrons. The SMILES string of the molecule is CCC(C)(C)Nc1ccc(N)cc1F. The van der Waals surface area contributed by atoms with E-state index in [0.717, 1.165) is 6.42 Å². The second kappa shape index (κ2) is 3.86. The second-order valence-corrected chi connectivity index (χ2v) is 4.10. The Balaban J connectivity index is 2.87. The van der Waals surface area contributed by atoms with Crippen molar-refractivity contribution in [1.82, 2.24) is 0 Å². The highest BCUT2D eigenvalue weighted by Crippen LogP contribution is 2.22. The van der Waals surface area contributed by atoms with Crippen LogP contribution in [0.4, 0.5) is 15.8 Å². The Hall–Kier alpha value is -1.25. The molecule has 0 spiro atoms. The van der Waals surface area contributed by atoms with Crippen molar-refractivity contribution in [1.29, 1.82) is 0 Å². The third-order valence-electron chi connectivity index (χ3n) is 2.35. The summed E-state index contributed by atoms with van der Waals surface area (Å²) in [6, 6.07) is 4.69. The van der Waals surface area contributed by atoms with Gasteiger partial charge in [0.15, 0.2) is 0 Å². The molecule has 0 saturated heterocycles. The van der Waals surface area contributed by atoms with E-state index in [0.29, 0.717) is 11.4 Å². The number of nitrogen functional groups attached to an aromatic ring is 1. The first-order chi connectivity index (χ1) is 6.44. The van der Waals surface area contributed by atoms with E-state index in [4.69, 9.17) is 5.73 Å². The van der Waals surface area contributed by atoms with Crippen LogP contribution in [-0.4, -0.2) is 5.54 Å². The van der Waals surface area contributed by atoms with Gasteiger partial charge in [-0.1, -0.05) is 6.92 Å². The van der Waals surface area contributed by atoms with Gasteiger partial charge < -0.3 is 11.1 Å². The minimum Gasteiger partial charge on any atom is -0.399 e. The number of anilines is 2. The van der Waals surface area contributed by atoms with Gasteiger partial charge in [-0.25, -0.2) is 4.39 Å². The molecule has 3 heteroatoms. The van der Waals surface area contributed by atoms with E-state index in [1.807, 2.05) is 13.8 Å². The maximum Gasteiger partial charge on any atom is 0.148 e. The number of benzene rings is 1. The van der Waals surface area contributed by atoms with Crippen LogP contribution in [0, 0.1) is 5.82 Å². The van der Waals surface area contributed by atoms with Gasteiger partial charge >= 0.3 is 0 Å². The van der Waals surface area contributed by atoms with Crippen molar-refractivity contribution < 1.29 is 4.39 Å². The maximum atomic E-state index is 13.4. The summed E-state index contributed by atoms with van der Waals surface area (Å²) in [6.07, 6.45) is 0.927. The van der Waals surface area contributed by atoms with Gasteiger partial charge in [0.1, 0.15) is 5.82 Å². The highest BCUT2D eigenvalue weighted by Gasteiger charge is 2.15. The lowest BCUT2D eigenvalue weighted by Gasteiger charge is -2.26. The van der Waals surface area contributed by atoms with Crippen molar-refractivity contribution in [2.24, 2.45) is 0 Å². The normalized spacial score (nSPS) is 11.4. The summed E-state index contributed by atoms with van der Waals surface area (Å²) >= 11 is 0. The number of halogens is 1. The maximum absolute atomic E-state index is 13.4. The number of hydrogen-bond acceptors (Lipinski definition) is 2. The van der Waals surface area contributed by atoms with Crippen molar-refractivity contribution in [2.75, 3.05) is 11.1 Å². The van der Waals surface area contributed by atoms with E-state index >= 15 is 0 Å². The summed E-state index contributed by atoms with van der Waals surface area (Å²) in [5.74, 6) is -0.300. The first-order valence-corrected chi connectivity index (χ1v) is 4.78. The minimum atomic E-state index is -0.300. The molecular formula is C11H17FN2. The quantitative estimate of drug-likeness (QED) is 0.729. The van der Waals surface area contributed by atoms with Crippen LogP contribution >= 0.6 is 0 Å². The van der Waals surface area contributed by atoms with Crippen LogP contribution < -0.4 is 11.1 Å². The van der Waals surface area contributed by atoms with Gasteiger partial charge in [0.05, 0.1) is 5.69 Å². The Morgan fingerprint density at radius 1 is 1.43 bits per heavy atom. The van der Waals surface area contributed by atoms with Gasteiger partial charge in [0.25, 0.3) is 0 Å². The van der Waals surface area contributed by atoms with Crippen molar-refractivity contribution in [3.05, 3.63) is 24.0 Å². The first-order valence-electron chi connectivity index (χ1n) is 4.78. The molecule has 0 atom stereocenters. The number of hydrogen-bond donors (Lipinski definition) is 2. The molecule has 0 fully saturated rings. The molecule has 2 nitrogen and oxygen atoms in total. The Bertz CT molecular complexity index is 321. The van der Waals surface area contributed by atoms with Crippen molar-refractivity contribution in [3.8, 4) is 0 Å². The van der Waals surface area contributed by atoms with E-state index in [9.17, 15) is 4.39 Å². The fourth-order valence-electron chi connectivity index (χ4n) is 1.09. The predicted molar refractivity (Wildman–Crippen MR) is 58.8 cm³/mol. The van der Waals surface area contributed by atoms with Gasteiger partial charge in [-0.05, 0) is 38.5 Å². The molecule has 14 heavy (non-hydrogen) atoms. The molecule has 0 unspecified atom stereocenters. The minimum absolute atomic E-state index is 0.100. The Morgan fingerprint density at radius 3 is 2.57 bits per heavy atom. The molecule has 1 aromatic rings. The molecule has 1 aromatic carbocycles. The average Bonchev–Trinajstić information content (AvgIpc) is 2.10. The summed E-state index contributed by atoms with van der Waals surface area (Å²) in [5, 5.41) is 3.13. The lowest BCUT2D eigenvalue weighted by atomic mass is 10.0. The van der Waals surface area contributed by atoms with Crippen molar-refractivity contribution in [3.63, 3.8) is 0 Å². The smallest absolute Gasteiger partial charge is 0.148 e. The Morgan fingerprint density at radius 2 is 2.07 bits per heavy atom. The Labute approximate surface area is 84.3 Å². The molecule has 0 aliphatic carbocycles. The lowest BCUT2D eigenvalue weighted by Crippen LogP contribution is -2.30. The number of rotatable bonds is 3. The van der Waals surface area contributed by atoms with Crippen LogP contribution in [0.5, 0.6) is 0 Å². The third-order valence-corrected chi connectivity index (χ3v) is 2.35. The molecule has 1 rings (SSSR count). The molecular weight excluding hydrogens is 179 g/mol. The standard InChI is InChI=1S/C11H17FN2/c1-4-11(2,3)14-10-6-5-8(13)7-9(10)12/h5-7,14H,4,13H2,1-3H3. The largest absolute Gasteiger partial charge is 0.399 e. The van der Waals surface area contributed by atoms with Gasteiger partial charge in [0, 0.05) is 11.2 Å². The molecule has 0 saturated carbocycles. The van der Waals surface area contributed by atoms with E-state index in [1.54, 1.807) is 12.1 Å². The summed E-state index contributed by atoms with van der Waals surface area (Å²) in [7, 11) is 0. The van der Waals surface area contributed by atoms with Crippen LogP contribution in [0.2, 0.25) is 0 Å². The van der Waals surface area contributed by atoms with E-state index in [2.05, 4.69) is 12.2 Å². The zero-order valence-electron chi connectivity index (χ0n) is 8.89. The average molecular weight is 196 g/mol. The van der Waals surface area contributed by atoms with Crippen LogP contribution in [0.3, 0.4) is 0 Å². The Kier molecular flexibility index (Phi) is 2.99. The summed E-state index contributed by atoms with van der Waals surface area (Å²) in [5.41, 5.74) is 6.31. The fourth-order valence-corrected chi connectivity index (χ4v) is 1.09. The van der Waals surface area contributed by atoms with Gasteiger partial charge in [-0.3, -0.25) is 0 Å². The molecule has 0 heterocycles. The number of nitrogens with one attached hydrogen (secondary N) is 1. The zero-order chi connectivity index (χ0) is 10.8. The molecule has 0 amide bonds. The van der Waals surface area contributed by atoms with Gasteiger partial charge in [0.2, 0.25) is 0 Å². The van der Waals surface area contributed by atoms with E-state index < -0.39 is 0 Å². The topological polar surface area (TPSA) is 38.0 Å². The fraction of sp³-hybridized carbons (Fsp3) is 0.455.